The molecule has 0 aliphatic rings. The summed E-state index contributed by atoms with van der Waals surface area (Å²) in [7, 11) is 0. The molecule has 6 nitrogen and oxygen atoms in total. The summed E-state index contributed by atoms with van der Waals surface area (Å²) in [4.78, 5) is 21.1. The van der Waals surface area contributed by atoms with Gasteiger partial charge in [0, 0.05) is 0 Å². The number of hydrogen-bond acceptors (Lipinski definition) is 5. The topological polar surface area (TPSA) is 93.6 Å². The molecule has 0 radical (unpaired) electrons. The van der Waals surface area contributed by atoms with E-state index in [1.54, 1.807) is 13.0 Å². The van der Waals surface area contributed by atoms with Crippen molar-refractivity contribution in [3.8, 4) is 5.75 Å². The fraction of sp³-hybridized carbons (Fsp3) is 0.182. The van der Waals surface area contributed by atoms with Gasteiger partial charge in [0.1, 0.15) is 5.58 Å². The van der Waals surface area contributed by atoms with Crippen LogP contribution in [0.5, 0.6) is 5.75 Å². The van der Waals surface area contributed by atoms with Gasteiger partial charge in [-0.25, -0.2) is 4.79 Å². The molecule has 0 aliphatic carbocycles. The Hall–Kier alpha value is -2.37. The average Bonchev–Trinajstić information content (AvgIpc) is 2.23. The molecular weight excluding hydrogens is 226 g/mol. The molecule has 17 heavy (non-hydrogen) atoms. The second-order valence-corrected chi connectivity index (χ2v) is 3.73. The van der Waals surface area contributed by atoms with Crippen molar-refractivity contribution in [3.05, 3.63) is 43.8 Å². The first-order valence-electron chi connectivity index (χ1n) is 4.84. The Labute approximate surface area is 95.3 Å². The number of nitro groups is 1. The summed E-state index contributed by atoms with van der Waals surface area (Å²) in [6.07, 6.45) is 0. The molecule has 0 unspecified atom stereocenters. The summed E-state index contributed by atoms with van der Waals surface area (Å²) in [6.45, 7) is 3.53. The molecule has 0 amide bonds. The van der Waals surface area contributed by atoms with Crippen LogP contribution < -0.4 is 5.63 Å². The molecule has 1 heterocycles. The number of hydrogen-bond donors (Lipinski definition) is 1. The molecule has 6 heteroatoms. The van der Waals surface area contributed by atoms with Crippen molar-refractivity contribution in [2.75, 3.05) is 0 Å². The molecule has 1 N–H and O–H groups in total. The summed E-state index contributed by atoms with van der Waals surface area (Å²) in [6, 6.07) is 3.18. The lowest BCUT2D eigenvalue weighted by Crippen LogP contribution is -2.07. The van der Waals surface area contributed by atoms with Crippen molar-refractivity contribution in [1.82, 2.24) is 0 Å². The summed E-state index contributed by atoms with van der Waals surface area (Å²) in [5, 5.41) is 20.5. The Morgan fingerprint density at radius 3 is 2.59 bits per heavy atom. The highest BCUT2D eigenvalue weighted by Gasteiger charge is 2.25. The molecule has 1 aromatic carbocycles. The predicted molar refractivity (Wildman–Crippen MR) is 60.3 cm³/mol. The minimum absolute atomic E-state index is 0.166. The van der Waals surface area contributed by atoms with E-state index in [1.165, 1.54) is 6.07 Å². The SMILES string of the molecule is Cc1ccc2c(O)c([N+](=O)[O-])c(=O)oc2c1C. The zero-order valence-corrected chi connectivity index (χ0v) is 9.18. The van der Waals surface area contributed by atoms with Crippen LogP contribution in [0.1, 0.15) is 11.1 Å². The smallest absolute Gasteiger partial charge is 0.419 e. The van der Waals surface area contributed by atoms with E-state index in [1.807, 2.05) is 6.92 Å². The van der Waals surface area contributed by atoms with Crippen LogP contribution in [-0.4, -0.2) is 10.0 Å². The van der Waals surface area contributed by atoms with Gasteiger partial charge < -0.3 is 9.52 Å². The number of aryl methyl sites for hydroxylation is 2. The molecule has 0 fully saturated rings. The van der Waals surface area contributed by atoms with Crippen LogP contribution in [0.2, 0.25) is 0 Å². The van der Waals surface area contributed by atoms with Crippen molar-refractivity contribution < 1.29 is 14.4 Å². The van der Waals surface area contributed by atoms with Crippen LogP contribution in [0.15, 0.2) is 21.3 Å². The van der Waals surface area contributed by atoms with Crippen LogP contribution in [-0.2, 0) is 0 Å². The van der Waals surface area contributed by atoms with E-state index in [9.17, 15) is 20.0 Å². The van der Waals surface area contributed by atoms with E-state index in [4.69, 9.17) is 4.42 Å². The second kappa shape index (κ2) is 3.58. The Kier molecular flexibility index (Phi) is 2.35. The van der Waals surface area contributed by atoms with E-state index in [2.05, 4.69) is 0 Å². The Morgan fingerprint density at radius 2 is 2.00 bits per heavy atom. The first-order valence-corrected chi connectivity index (χ1v) is 4.84. The third-order valence-electron chi connectivity index (χ3n) is 2.73. The maximum absolute atomic E-state index is 11.4. The van der Waals surface area contributed by atoms with Crippen molar-refractivity contribution >= 4 is 16.7 Å². The molecule has 0 atom stereocenters. The van der Waals surface area contributed by atoms with Gasteiger partial charge in [-0.2, -0.15) is 0 Å². The molecule has 0 bridgehead atoms. The number of nitrogens with zero attached hydrogens (tertiary/aromatic N) is 1. The average molecular weight is 235 g/mol. The standard InChI is InChI=1S/C11H9NO5/c1-5-3-4-7-9(13)8(12(15)16)11(14)17-10(7)6(5)2/h3-4,13H,1-2H3. The monoisotopic (exact) mass is 235 g/mol. The summed E-state index contributed by atoms with van der Waals surface area (Å²) in [5.41, 5.74) is -0.355. The van der Waals surface area contributed by atoms with E-state index < -0.39 is 22.0 Å². The molecule has 0 saturated heterocycles. The molecule has 1 aromatic heterocycles. The fourth-order valence-corrected chi connectivity index (χ4v) is 1.63. The van der Waals surface area contributed by atoms with Gasteiger partial charge in [-0.3, -0.25) is 10.1 Å². The van der Waals surface area contributed by atoms with Gasteiger partial charge in [-0.05, 0) is 31.0 Å². The molecule has 0 saturated carbocycles. The van der Waals surface area contributed by atoms with Gasteiger partial charge in [0.05, 0.1) is 10.3 Å². The Morgan fingerprint density at radius 1 is 1.35 bits per heavy atom. The van der Waals surface area contributed by atoms with E-state index in [-0.39, 0.29) is 11.0 Å². The number of benzene rings is 1. The van der Waals surface area contributed by atoms with Crippen molar-refractivity contribution in [3.63, 3.8) is 0 Å². The third-order valence-corrected chi connectivity index (χ3v) is 2.73. The van der Waals surface area contributed by atoms with Gasteiger partial charge in [-0.1, -0.05) is 6.07 Å². The number of rotatable bonds is 1. The molecular formula is C11H9NO5. The summed E-state index contributed by atoms with van der Waals surface area (Å²) >= 11 is 0. The maximum atomic E-state index is 11.4. The minimum atomic E-state index is -1.14. The van der Waals surface area contributed by atoms with Crippen LogP contribution in [0.3, 0.4) is 0 Å². The highest BCUT2D eigenvalue weighted by atomic mass is 16.6. The van der Waals surface area contributed by atoms with Crippen LogP contribution in [0.25, 0.3) is 11.0 Å². The fourth-order valence-electron chi connectivity index (χ4n) is 1.63. The maximum Gasteiger partial charge on any atom is 0.419 e. The minimum Gasteiger partial charge on any atom is -0.501 e. The van der Waals surface area contributed by atoms with Crippen LogP contribution in [0.4, 0.5) is 5.69 Å². The van der Waals surface area contributed by atoms with E-state index in [0.717, 1.165) is 5.56 Å². The Bertz CT molecular complexity index is 686. The van der Waals surface area contributed by atoms with Crippen LogP contribution in [0, 0.1) is 24.0 Å². The van der Waals surface area contributed by atoms with E-state index >= 15 is 0 Å². The largest absolute Gasteiger partial charge is 0.501 e. The highest BCUT2D eigenvalue weighted by Crippen LogP contribution is 2.33. The third kappa shape index (κ3) is 1.54. The zero-order valence-electron chi connectivity index (χ0n) is 9.18. The summed E-state index contributed by atoms with van der Waals surface area (Å²) < 4.78 is 4.89. The quantitative estimate of drug-likeness (QED) is 0.463. The lowest BCUT2D eigenvalue weighted by molar-refractivity contribution is -0.388. The first-order chi connectivity index (χ1) is 7.93. The molecule has 0 spiro atoms. The predicted octanol–water partition coefficient (Wildman–Crippen LogP) is 2.02. The van der Waals surface area contributed by atoms with Crippen molar-refractivity contribution in [2.45, 2.75) is 13.8 Å². The highest BCUT2D eigenvalue weighted by molar-refractivity contribution is 5.89. The first kappa shape index (κ1) is 11.1. The number of aromatic hydroxyl groups is 1. The lowest BCUT2D eigenvalue weighted by Gasteiger charge is -2.05. The molecule has 0 aliphatic heterocycles. The summed E-state index contributed by atoms with van der Waals surface area (Å²) in [5.74, 6) is -0.649. The van der Waals surface area contributed by atoms with Crippen LogP contribution >= 0.6 is 0 Å². The lowest BCUT2D eigenvalue weighted by atomic mass is 10.1. The zero-order chi connectivity index (χ0) is 12.7. The van der Waals surface area contributed by atoms with Gasteiger partial charge in [0.15, 0.2) is 0 Å². The van der Waals surface area contributed by atoms with Crippen molar-refractivity contribution in [1.29, 1.82) is 0 Å². The van der Waals surface area contributed by atoms with Gasteiger partial charge in [0.25, 0.3) is 0 Å². The second-order valence-electron chi connectivity index (χ2n) is 3.73. The van der Waals surface area contributed by atoms with Gasteiger partial charge >= 0.3 is 11.3 Å². The number of fused-ring (bicyclic) bond motifs is 1. The van der Waals surface area contributed by atoms with E-state index in [0.29, 0.717) is 5.56 Å². The van der Waals surface area contributed by atoms with Gasteiger partial charge in [-0.15, -0.1) is 0 Å². The van der Waals surface area contributed by atoms with Crippen molar-refractivity contribution in [2.24, 2.45) is 0 Å². The molecule has 2 aromatic rings. The Balaban J connectivity index is 3.01. The normalized spacial score (nSPS) is 10.7. The molecule has 88 valence electrons. The molecule has 2 rings (SSSR count). The van der Waals surface area contributed by atoms with Gasteiger partial charge in [0.2, 0.25) is 5.75 Å².